The molecule has 6 rings (SSSR count). The summed E-state index contributed by atoms with van der Waals surface area (Å²) in [7, 11) is 0. The summed E-state index contributed by atoms with van der Waals surface area (Å²) in [6, 6.07) is 7.67. The van der Waals surface area contributed by atoms with Crippen molar-refractivity contribution in [1.29, 1.82) is 0 Å². The minimum atomic E-state index is -0.0733. The molecule has 1 spiro atoms. The molecular weight excluding hydrogens is 452 g/mol. The van der Waals surface area contributed by atoms with Gasteiger partial charge in [-0.15, -0.1) is 0 Å². The number of aromatic amines is 1. The van der Waals surface area contributed by atoms with E-state index in [1.54, 1.807) is 12.4 Å². The normalized spacial score (nSPS) is 19.8. The highest BCUT2D eigenvalue weighted by Gasteiger charge is 2.51. The highest BCUT2D eigenvalue weighted by atomic mass is 35.5. The van der Waals surface area contributed by atoms with Gasteiger partial charge in [-0.05, 0) is 49.9 Å². The highest BCUT2D eigenvalue weighted by Crippen LogP contribution is 2.54. The zero-order chi connectivity index (χ0) is 23.3. The second-order valence-electron chi connectivity index (χ2n) is 9.42. The van der Waals surface area contributed by atoms with Gasteiger partial charge in [0.2, 0.25) is 0 Å². The zero-order valence-electron chi connectivity index (χ0n) is 19.0. The van der Waals surface area contributed by atoms with Crippen molar-refractivity contribution in [3.8, 4) is 17.0 Å². The van der Waals surface area contributed by atoms with Crippen molar-refractivity contribution in [2.24, 2.45) is 0 Å². The topological polar surface area (TPSA) is 88.3 Å². The van der Waals surface area contributed by atoms with Crippen LogP contribution in [0.3, 0.4) is 0 Å². The third kappa shape index (κ3) is 3.63. The Hall–Kier alpha value is -3.03. The maximum atomic E-state index is 13.1. The molecule has 0 radical (unpaired) electrons. The van der Waals surface area contributed by atoms with Crippen molar-refractivity contribution in [3.05, 3.63) is 58.5 Å². The van der Waals surface area contributed by atoms with E-state index in [-0.39, 0.29) is 17.4 Å². The lowest BCUT2D eigenvalue weighted by Gasteiger charge is -2.26. The Morgan fingerprint density at radius 1 is 1.32 bits per heavy atom. The predicted molar refractivity (Wildman–Crippen MR) is 131 cm³/mol. The van der Waals surface area contributed by atoms with Crippen LogP contribution in [0.1, 0.15) is 47.3 Å². The summed E-state index contributed by atoms with van der Waals surface area (Å²) in [6.45, 7) is 4.01. The van der Waals surface area contributed by atoms with Gasteiger partial charge in [0.15, 0.2) is 0 Å². The molecule has 3 aromatic rings. The number of aromatic nitrogens is 2. The number of anilines is 2. The molecule has 4 heterocycles. The van der Waals surface area contributed by atoms with Gasteiger partial charge >= 0.3 is 0 Å². The van der Waals surface area contributed by atoms with Crippen molar-refractivity contribution in [2.45, 2.75) is 44.1 Å². The average molecular weight is 479 g/mol. The van der Waals surface area contributed by atoms with E-state index in [9.17, 15) is 4.79 Å². The number of carbonyl (C=O) groups excluding carboxylic acids is 1. The number of hydrogen-bond donors (Lipinski definition) is 3. The number of rotatable bonds is 7. The Morgan fingerprint density at radius 2 is 2.18 bits per heavy atom. The fourth-order valence-electron chi connectivity index (χ4n) is 4.85. The van der Waals surface area contributed by atoms with Crippen molar-refractivity contribution in [2.75, 3.05) is 25.1 Å². The van der Waals surface area contributed by atoms with Crippen LogP contribution in [0.2, 0.25) is 5.02 Å². The zero-order valence-corrected chi connectivity index (χ0v) is 19.8. The summed E-state index contributed by atoms with van der Waals surface area (Å²) < 4.78 is 11.7. The number of pyridine rings is 1. The second-order valence-corrected chi connectivity index (χ2v) is 9.82. The van der Waals surface area contributed by atoms with E-state index >= 15 is 0 Å². The van der Waals surface area contributed by atoms with Gasteiger partial charge in [-0.25, -0.2) is 0 Å². The van der Waals surface area contributed by atoms with E-state index in [0.717, 1.165) is 66.2 Å². The number of nitrogens with one attached hydrogen (secondary N) is 3. The van der Waals surface area contributed by atoms with Crippen molar-refractivity contribution in [1.82, 2.24) is 15.3 Å². The van der Waals surface area contributed by atoms with Gasteiger partial charge in [-0.1, -0.05) is 17.7 Å². The average Bonchev–Trinajstić information content (AvgIpc) is 3.49. The first-order valence-corrected chi connectivity index (χ1v) is 12.2. The lowest BCUT2D eigenvalue weighted by Crippen LogP contribution is -2.39. The van der Waals surface area contributed by atoms with E-state index in [1.807, 2.05) is 31.2 Å². The molecule has 34 heavy (non-hydrogen) atoms. The second kappa shape index (κ2) is 8.32. The van der Waals surface area contributed by atoms with E-state index in [1.165, 1.54) is 0 Å². The first-order chi connectivity index (χ1) is 16.6. The first kappa shape index (κ1) is 21.5. The van der Waals surface area contributed by atoms with Gasteiger partial charge in [-0.2, -0.15) is 0 Å². The third-order valence-electron chi connectivity index (χ3n) is 7.27. The SMILES string of the molecule is Cc1c(Cl)cccc1Nc1c(-c2ccncc2OCC[C@@H]2CCO2)[nH]c2c1C(=O)NCC21CC1. The molecule has 1 saturated heterocycles. The molecule has 8 heteroatoms. The lowest BCUT2D eigenvalue weighted by atomic mass is 9.93. The summed E-state index contributed by atoms with van der Waals surface area (Å²) in [5, 5.41) is 7.30. The molecule has 3 aliphatic rings. The summed E-state index contributed by atoms with van der Waals surface area (Å²) in [6.07, 6.45) is 7.79. The van der Waals surface area contributed by atoms with Gasteiger partial charge in [-0.3, -0.25) is 9.78 Å². The van der Waals surface area contributed by atoms with E-state index in [0.29, 0.717) is 29.5 Å². The van der Waals surface area contributed by atoms with Crippen LogP contribution in [-0.2, 0) is 10.2 Å². The molecule has 1 aromatic carbocycles. The molecule has 1 aliphatic carbocycles. The summed E-state index contributed by atoms with van der Waals surface area (Å²) in [5.74, 6) is 0.604. The van der Waals surface area contributed by atoms with Crippen LogP contribution in [0.4, 0.5) is 11.4 Å². The molecule has 1 saturated carbocycles. The molecule has 2 fully saturated rings. The monoisotopic (exact) mass is 478 g/mol. The molecule has 2 aliphatic heterocycles. The first-order valence-electron chi connectivity index (χ1n) is 11.8. The van der Waals surface area contributed by atoms with Crippen molar-refractivity contribution >= 4 is 28.9 Å². The van der Waals surface area contributed by atoms with Crippen molar-refractivity contribution in [3.63, 3.8) is 0 Å². The van der Waals surface area contributed by atoms with Crippen LogP contribution in [0.5, 0.6) is 5.75 Å². The van der Waals surface area contributed by atoms with Crippen molar-refractivity contribution < 1.29 is 14.3 Å². The van der Waals surface area contributed by atoms with Crippen LogP contribution < -0.4 is 15.4 Å². The molecule has 0 unspecified atom stereocenters. The standard InChI is InChI=1S/C26H27ClN4O3/c1-15-18(27)3-2-4-19(15)30-23-21-24(26(8-9-26)14-29-25(21)32)31-22(23)17-5-10-28-13-20(17)34-12-7-16-6-11-33-16/h2-5,10,13,16,30-31H,6-9,11-12,14H2,1H3,(H,29,32)/t16-/m0/s1. The Balaban J connectivity index is 1.44. The van der Waals surface area contributed by atoms with Crippen LogP contribution in [0.15, 0.2) is 36.7 Å². The van der Waals surface area contributed by atoms with Gasteiger partial charge in [0.25, 0.3) is 5.91 Å². The van der Waals surface area contributed by atoms with Gasteiger partial charge in [0.05, 0.1) is 35.9 Å². The number of nitrogens with zero attached hydrogens (tertiary/aromatic N) is 1. The minimum Gasteiger partial charge on any atom is -0.491 e. The van der Waals surface area contributed by atoms with E-state index in [2.05, 4.69) is 20.6 Å². The van der Waals surface area contributed by atoms with Gasteiger partial charge < -0.3 is 25.1 Å². The Labute approximate surface area is 203 Å². The largest absolute Gasteiger partial charge is 0.491 e. The molecule has 176 valence electrons. The summed E-state index contributed by atoms with van der Waals surface area (Å²) >= 11 is 6.40. The number of carbonyl (C=O) groups is 1. The minimum absolute atomic E-state index is 0.0170. The number of ether oxygens (including phenoxy) is 2. The quantitative estimate of drug-likeness (QED) is 0.439. The highest BCUT2D eigenvalue weighted by molar-refractivity contribution is 6.31. The maximum Gasteiger partial charge on any atom is 0.255 e. The van der Waals surface area contributed by atoms with Crippen LogP contribution in [0.25, 0.3) is 11.3 Å². The number of H-pyrrole nitrogens is 1. The van der Waals surface area contributed by atoms with Crippen LogP contribution in [-0.4, -0.2) is 41.7 Å². The third-order valence-corrected chi connectivity index (χ3v) is 7.68. The molecule has 1 amide bonds. The lowest BCUT2D eigenvalue weighted by molar-refractivity contribution is -0.0596. The summed E-state index contributed by atoms with van der Waals surface area (Å²) in [4.78, 5) is 21.0. The predicted octanol–water partition coefficient (Wildman–Crippen LogP) is 5.11. The van der Waals surface area contributed by atoms with E-state index in [4.69, 9.17) is 21.1 Å². The van der Waals surface area contributed by atoms with E-state index < -0.39 is 0 Å². The maximum absolute atomic E-state index is 13.1. The van der Waals surface area contributed by atoms with Gasteiger partial charge in [0.1, 0.15) is 5.75 Å². The Kier molecular flexibility index (Phi) is 5.26. The van der Waals surface area contributed by atoms with Crippen LogP contribution >= 0.6 is 11.6 Å². The number of benzene rings is 1. The molecule has 2 aromatic heterocycles. The molecule has 0 bridgehead atoms. The molecular formula is C26H27ClN4O3. The number of halogens is 1. The number of hydrogen-bond acceptors (Lipinski definition) is 5. The fourth-order valence-corrected chi connectivity index (χ4v) is 5.02. The Morgan fingerprint density at radius 3 is 2.94 bits per heavy atom. The molecule has 3 N–H and O–H groups in total. The van der Waals surface area contributed by atoms with Gasteiger partial charge in [0, 0.05) is 53.2 Å². The number of amides is 1. The Bertz CT molecular complexity index is 1260. The number of fused-ring (bicyclic) bond motifs is 2. The fraction of sp³-hybridized carbons (Fsp3) is 0.385. The molecule has 1 atom stereocenters. The molecule has 7 nitrogen and oxygen atoms in total. The van der Waals surface area contributed by atoms with Crippen LogP contribution in [0, 0.1) is 6.92 Å². The summed E-state index contributed by atoms with van der Waals surface area (Å²) in [5.41, 5.74) is 5.86. The smallest absolute Gasteiger partial charge is 0.255 e.